The van der Waals surface area contributed by atoms with Crippen molar-refractivity contribution in [1.29, 1.82) is 0 Å². The first-order valence-corrected chi connectivity index (χ1v) is 9.48. The molecule has 0 spiro atoms. The number of Topliss-reactive ketones (excluding diaryl/α,β-unsaturated/α-hetero) is 1. The minimum absolute atomic E-state index is 0.127. The fraction of sp³-hybridized carbons (Fsp3) is 0.292. The van der Waals surface area contributed by atoms with Crippen molar-refractivity contribution in [3.05, 3.63) is 65.2 Å². The molecule has 2 aliphatic rings. The third-order valence-corrected chi connectivity index (χ3v) is 5.53. The molecule has 0 radical (unpaired) electrons. The number of phenols is 1. The van der Waals surface area contributed by atoms with Crippen LogP contribution in [0.3, 0.4) is 0 Å². The molecule has 2 heterocycles. The van der Waals surface area contributed by atoms with E-state index in [2.05, 4.69) is 6.58 Å². The molecule has 2 aromatic rings. The van der Waals surface area contributed by atoms with Crippen LogP contribution in [0.2, 0.25) is 0 Å². The highest BCUT2D eigenvalue weighted by atomic mass is 16.5. The molecule has 0 fully saturated rings. The van der Waals surface area contributed by atoms with Gasteiger partial charge in [0.25, 0.3) is 0 Å². The Hall–Kier alpha value is -3.01. The van der Waals surface area contributed by atoms with Crippen molar-refractivity contribution in [2.45, 2.75) is 39.4 Å². The number of ketones is 1. The van der Waals surface area contributed by atoms with Gasteiger partial charge in [-0.05, 0) is 44.1 Å². The van der Waals surface area contributed by atoms with Gasteiger partial charge in [-0.1, -0.05) is 43.8 Å². The molecule has 0 bridgehead atoms. The Morgan fingerprint density at radius 2 is 1.82 bits per heavy atom. The van der Waals surface area contributed by atoms with E-state index in [9.17, 15) is 9.90 Å². The highest BCUT2D eigenvalue weighted by molar-refractivity contribution is 6.08. The predicted octanol–water partition coefficient (Wildman–Crippen LogP) is 5.24. The fourth-order valence-electron chi connectivity index (χ4n) is 3.69. The van der Waals surface area contributed by atoms with Crippen molar-refractivity contribution >= 4 is 17.4 Å². The minimum atomic E-state index is -0.559. The molecule has 2 aromatic carbocycles. The second-order valence-electron chi connectivity index (χ2n) is 8.03. The van der Waals surface area contributed by atoms with Crippen molar-refractivity contribution in [2.75, 3.05) is 0 Å². The average molecular weight is 376 g/mol. The molecule has 4 rings (SSSR count). The number of aromatic hydroxyl groups is 1. The summed E-state index contributed by atoms with van der Waals surface area (Å²) >= 11 is 0. The van der Waals surface area contributed by atoms with E-state index < -0.39 is 5.60 Å². The van der Waals surface area contributed by atoms with Gasteiger partial charge >= 0.3 is 0 Å². The smallest absolute Gasteiger partial charge is 0.176 e. The summed E-state index contributed by atoms with van der Waals surface area (Å²) in [5.41, 5.74) is 2.22. The minimum Gasteiger partial charge on any atom is -0.506 e. The summed E-state index contributed by atoms with van der Waals surface area (Å²) in [6.45, 7) is 11.8. The van der Waals surface area contributed by atoms with E-state index in [4.69, 9.17) is 9.47 Å². The maximum Gasteiger partial charge on any atom is 0.176 e. The summed E-state index contributed by atoms with van der Waals surface area (Å²) < 4.78 is 12.3. The zero-order valence-corrected chi connectivity index (χ0v) is 16.6. The van der Waals surface area contributed by atoms with Crippen LogP contribution in [0.5, 0.6) is 17.2 Å². The summed E-state index contributed by atoms with van der Waals surface area (Å²) in [5, 5.41) is 11.2. The number of hydrogen-bond donors (Lipinski definition) is 1. The zero-order chi connectivity index (χ0) is 20.2. The first-order chi connectivity index (χ1) is 13.2. The lowest BCUT2D eigenvalue weighted by molar-refractivity contribution is 0.0720. The van der Waals surface area contributed by atoms with Gasteiger partial charge in [-0.2, -0.15) is 0 Å². The Morgan fingerprint density at radius 1 is 1.14 bits per heavy atom. The number of hydrogen-bond acceptors (Lipinski definition) is 4. The standard InChI is InChI=1S/C24H24O4/c1-13-15(3)27-22-17-11-12-24(4,5)28-23(17)18(21(26)19(22)20(13)25)14(2)16-9-7-6-8-10-16/h6-13,15,26H,2H2,1,3-5H3/t13-,15-/m0/s1. The SMILES string of the molecule is C=C(c1ccccc1)c1c(O)c2c(c3c1OC(C)(C)C=C3)O[C@@H](C)[C@H](C)C2=O. The van der Waals surface area contributed by atoms with Crippen molar-refractivity contribution in [3.8, 4) is 17.2 Å². The summed E-state index contributed by atoms with van der Waals surface area (Å²) in [5.74, 6) is 0.276. The van der Waals surface area contributed by atoms with E-state index in [-0.39, 0.29) is 29.1 Å². The summed E-state index contributed by atoms with van der Waals surface area (Å²) in [6, 6.07) is 9.57. The lowest BCUT2D eigenvalue weighted by atomic mass is 9.84. The maximum atomic E-state index is 13.0. The number of benzene rings is 2. The molecule has 0 aromatic heterocycles. The monoisotopic (exact) mass is 376 g/mol. The zero-order valence-electron chi connectivity index (χ0n) is 16.6. The highest BCUT2D eigenvalue weighted by Crippen LogP contribution is 2.52. The molecule has 0 saturated carbocycles. The lowest BCUT2D eigenvalue weighted by Gasteiger charge is -2.35. The molecule has 2 aliphatic heterocycles. The van der Waals surface area contributed by atoms with Gasteiger partial charge in [0.1, 0.15) is 34.5 Å². The molecule has 1 N–H and O–H groups in total. The van der Waals surface area contributed by atoms with Gasteiger partial charge in [0, 0.05) is 0 Å². The van der Waals surface area contributed by atoms with E-state index in [1.807, 2.05) is 70.2 Å². The first kappa shape index (κ1) is 18.4. The van der Waals surface area contributed by atoms with Crippen molar-refractivity contribution in [1.82, 2.24) is 0 Å². The molecule has 0 saturated heterocycles. The van der Waals surface area contributed by atoms with E-state index in [1.54, 1.807) is 0 Å². The third-order valence-electron chi connectivity index (χ3n) is 5.53. The largest absolute Gasteiger partial charge is 0.506 e. The highest BCUT2D eigenvalue weighted by Gasteiger charge is 2.40. The van der Waals surface area contributed by atoms with Crippen LogP contribution in [0.15, 0.2) is 43.0 Å². The van der Waals surface area contributed by atoms with E-state index in [1.165, 1.54) is 0 Å². The Morgan fingerprint density at radius 3 is 2.50 bits per heavy atom. The van der Waals surface area contributed by atoms with Crippen LogP contribution in [-0.2, 0) is 0 Å². The van der Waals surface area contributed by atoms with Crippen LogP contribution >= 0.6 is 0 Å². The number of phenolic OH excluding ortho intramolecular Hbond substituents is 1. The van der Waals surface area contributed by atoms with E-state index in [0.29, 0.717) is 28.2 Å². The predicted molar refractivity (Wildman–Crippen MR) is 110 cm³/mol. The molecule has 0 amide bonds. The van der Waals surface area contributed by atoms with E-state index in [0.717, 1.165) is 5.56 Å². The maximum absolute atomic E-state index is 13.0. The Bertz CT molecular complexity index is 1010. The van der Waals surface area contributed by atoms with Gasteiger partial charge in [0.05, 0.1) is 17.0 Å². The molecular formula is C24H24O4. The molecule has 2 atom stereocenters. The fourth-order valence-corrected chi connectivity index (χ4v) is 3.69. The number of rotatable bonds is 2. The Labute approximate surface area is 165 Å². The Kier molecular flexibility index (Phi) is 4.11. The van der Waals surface area contributed by atoms with Crippen LogP contribution in [0.25, 0.3) is 11.6 Å². The summed E-state index contributed by atoms with van der Waals surface area (Å²) in [6.07, 6.45) is 3.56. The molecule has 0 aliphatic carbocycles. The quantitative estimate of drug-likeness (QED) is 0.779. The molecular weight excluding hydrogens is 352 g/mol. The molecule has 0 unspecified atom stereocenters. The van der Waals surface area contributed by atoms with Gasteiger partial charge < -0.3 is 14.6 Å². The van der Waals surface area contributed by atoms with Gasteiger partial charge in [0.2, 0.25) is 0 Å². The number of carbonyl (C=O) groups is 1. The topological polar surface area (TPSA) is 55.8 Å². The Balaban J connectivity index is 2.03. The number of carbonyl (C=O) groups excluding carboxylic acids is 1. The van der Waals surface area contributed by atoms with Gasteiger partial charge in [-0.15, -0.1) is 0 Å². The van der Waals surface area contributed by atoms with Gasteiger partial charge in [-0.25, -0.2) is 0 Å². The second kappa shape index (κ2) is 6.26. The summed E-state index contributed by atoms with van der Waals surface area (Å²) in [4.78, 5) is 13.0. The average Bonchev–Trinajstić information content (AvgIpc) is 2.65. The van der Waals surface area contributed by atoms with E-state index >= 15 is 0 Å². The van der Waals surface area contributed by atoms with Crippen molar-refractivity contribution in [3.63, 3.8) is 0 Å². The summed E-state index contributed by atoms with van der Waals surface area (Å²) in [7, 11) is 0. The van der Waals surface area contributed by atoms with Crippen LogP contribution in [0, 0.1) is 5.92 Å². The number of fused-ring (bicyclic) bond motifs is 3. The van der Waals surface area contributed by atoms with Crippen molar-refractivity contribution < 1.29 is 19.4 Å². The van der Waals surface area contributed by atoms with Crippen LogP contribution in [0.1, 0.15) is 54.7 Å². The molecule has 28 heavy (non-hydrogen) atoms. The van der Waals surface area contributed by atoms with Crippen molar-refractivity contribution in [2.24, 2.45) is 5.92 Å². The van der Waals surface area contributed by atoms with Crippen LogP contribution in [-0.4, -0.2) is 22.6 Å². The van der Waals surface area contributed by atoms with Crippen LogP contribution in [0.4, 0.5) is 0 Å². The molecule has 4 heteroatoms. The molecule has 144 valence electrons. The van der Waals surface area contributed by atoms with Crippen LogP contribution < -0.4 is 9.47 Å². The van der Waals surface area contributed by atoms with Gasteiger partial charge in [0.15, 0.2) is 5.78 Å². The third kappa shape index (κ3) is 2.71. The first-order valence-electron chi connectivity index (χ1n) is 9.48. The molecule has 4 nitrogen and oxygen atoms in total. The lowest BCUT2D eigenvalue weighted by Crippen LogP contribution is -2.35. The second-order valence-corrected chi connectivity index (χ2v) is 8.03. The number of ether oxygens (including phenoxy) is 2. The normalized spacial score (nSPS) is 21.9. The van der Waals surface area contributed by atoms with Gasteiger partial charge in [-0.3, -0.25) is 4.79 Å².